The molecule has 0 saturated heterocycles. The third kappa shape index (κ3) is 1.65. The van der Waals surface area contributed by atoms with Crippen LogP contribution in [0.5, 0.6) is 0 Å². The first-order valence-electron chi connectivity index (χ1n) is 5.11. The fourth-order valence-corrected chi connectivity index (χ4v) is 1.65. The Hall–Kier alpha value is -2.23. The summed E-state index contributed by atoms with van der Waals surface area (Å²) in [7, 11) is 0. The van der Waals surface area contributed by atoms with E-state index < -0.39 is 0 Å². The predicted molar refractivity (Wildman–Crippen MR) is 60.0 cm³/mol. The van der Waals surface area contributed by atoms with Crippen molar-refractivity contribution in [1.82, 2.24) is 19.6 Å². The fourth-order valence-electron chi connectivity index (χ4n) is 1.65. The molecule has 4 heteroatoms. The van der Waals surface area contributed by atoms with E-state index in [1.807, 2.05) is 36.5 Å². The van der Waals surface area contributed by atoms with Gasteiger partial charge in [-0.1, -0.05) is 6.07 Å². The summed E-state index contributed by atoms with van der Waals surface area (Å²) < 4.78 is 1.78. The number of aromatic nitrogens is 4. The van der Waals surface area contributed by atoms with Gasteiger partial charge in [-0.05, 0) is 24.3 Å². The zero-order chi connectivity index (χ0) is 10.8. The van der Waals surface area contributed by atoms with Crippen LogP contribution in [-0.4, -0.2) is 19.6 Å². The van der Waals surface area contributed by atoms with Crippen molar-refractivity contribution in [1.29, 1.82) is 0 Å². The van der Waals surface area contributed by atoms with E-state index in [2.05, 4.69) is 15.1 Å². The summed E-state index contributed by atoms with van der Waals surface area (Å²) in [6, 6.07) is 9.71. The van der Waals surface area contributed by atoms with E-state index in [9.17, 15) is 0 Å². The zero-order valence-electron chi connectivity index (χ0n) is 8.61. The summed E-state index contributed by atoms with van der Waals surface area (Å²) in [6.45, 7) is 0. The average Bonchev–Trinajstić information content (AvgIpc) is 2.72. The molecule has 4 nitrogen and oxygen atoms in total. The molecule has 3 heterocycles. The van der Waals surface area contributed by atoms with Crippen molar-refractivity contribution in [2.75, 3.05) is 0 Å². The fraction of sp³-hybridized carbons (Fsp3) is 0.0833. The van der Waals surface area contributed by atoms with Gasteiger partial charge in [0.1, 0.15) is 0 Å². The van der Waals surface area contributed by atoms with Crippen molar-refractivity contribution in [2.45, 2.75) is 6.42 Å². The van der Waals surface area contributed by atoms with Gasteiger partial charge in [-0.2, -0.15) is 5.10 Å². The highest BCUT2D eigenvalue weighted by molar-refractivity contribution is 5.38. The van der Waals surface area contributed by atoms with Gasteiger partial charge in [0, 0.05) is 24.5 Å². The summed E-state index contributed by atoms with van der Waals surface area (Å²) >= 11 is 0. The number of nitrogens with zero attached hydrogens (tertiary/aromatic N) is 4. The Labute approximate surface area is 92.6 Å². The molecule has 3 rings (SSSR count). The molecule has 0 radical (unpaired) electrons. The molecule has 0 aliphatic rings. The van der Waals surface area contributed by atoms with E-state index in [1.54, 1.807) is 16.9 Å². The summed E-state index contributed by atoms with van der Waals surface area (Å²) in [5, 5.41) is 4.18. The zero-order valence-corrected chi connectivity index (χ0v) is 8.61. The van der Waals surface area contributed by atoms with Crippen LogP contribution >= 0.6 is 0 Å². The molecule has 0 N–H and O–H groups in total. The number of rotatable bonds is 2. The van der Waals surface area contributed by atoms with Crippen molar-refractivity contribution >= 4 is 5.65 Å². The first-order valence-corrected chi connectivity index (χ1v) is 5.11. The summed E-state index contributed by atoms with van der Waals surface area (Å²) in [4.78, 5) is 8.74. The highest BCUT2D eigenvalue weighted by Crippen LogP contribution is 2.07. The molecule has 0 spiro atoms. The van der Waals surface area contributed by atoms with Gasteiger partial charge < -0.3 is 0 Å². The lowest BCUT2D eigenvalue weighted by Crippen LogP contribution is -1.90. The van der Waals surface area contributed by atoms with Crippen LogP contribution in [0.4, 0.5) is 0 Å². The van der Waals surface area contributed by atoms with Crippen LogP contribution in [0.15, 0.2) is 48.9 Å². The summed E-state index contributed by atoms with van der Waals surface area (Å²) in [5.74, 6) is 0. The second-order valence-corrected chi connectivity index (χ2v) is 3.56. The van der Waals surface area contributed by atoms with Crippen LogP contribution in [0.2, 0.25) is 0 Å². The standard InChI is InChI=1S/C12H10N4/c1-2-6-13-10(4-1)8-11-9-16-12(15-11)5-3-7-14-16/h1-7,9H,8H2. The van der Waals surface area contributed by atoms with Crippen molar-refractivity contribution < 1.29 is 0 Å². The summed E-state index contributed by atoms with van der Waals surface area (Å²) in [5.41, 5.74) is 2.87. The van der Waals surface area contributed by atoms with E-state index in [-0.39, 0.29) is 0 Å². The van der Waals surface area contributed by atoms with Crippen molar-refractivity contribution in [3.05, 3.63) is 60.3 Å². The molecule has 0 aliphatic heterocycles. The number of hydrogen-bond donors (Lipinski definition) is 0. The second kappa shape index (κ2) is 3.73. The van der Waals surface area contributed by atoms with Crippen LogP contribution in [-0.2, 0) is 6.42 Å². The Kier molecular flexibility index (Phi) is 2.11. The van der Waals surface area contributed by atoms with Gasteiger partial charge in [0.05, 0.1) is 11.9 Å². The van der Waals surface area contributed by atoms with E-state index in [0.717, 1.165) is 23.5 Å². The number of imidazole rings is 1. The maximum absolute atomic E-state index is 4.47. The molecule has 0 atom stereocenters. The van der Waals surface area contributed by atoms with E-state index in [1.165, 1.54) is 0 Å². The second-order valence-electron chi connectivity index (χ2n) is 3.56. The number of hydrogen-bond acceptors (Lipinski definition) is 3. The Balaban J connectivity index is 1.95. The van der Waals surface area contributed by atoms with E-state index in [0.29, 0.717) is 0 Å². The lowest BCUT2D eigenvalue weighted by Gasteiger charge is -1.94. The Morgan fingerprint density at radius 1 is 1.00 bits per heavy atom. The normalized spacial score (nSPS) is 10.8. The maximum atomic E-state index is 4.47. The highest BCUT2D eigenvalue weighted by atomic mass is 15.2. The predicted octanol–water partition coefficient (Wildman–Crippen LogP) is 1.72. The van der Waals surface area contributed by atoms with Crippen LogP contribution in [0, 0.1) is 0 Å². The number of fused-ring (bicyclic) bond motifs is 1. The first-order chi connectivity index (χ1) is 7.92. The molecule has 0 amide bonds. The van der Waals surface area contributed by atoms with Gasteiger partial charge in [-0.25, -0.2) is 9.50 Å². The molecule has 0 aromatic carbocycles. The Morgan fingerprint density at radius 2 is 2.00 bits per heavy atom. The molecule has 0 bridgehead atoms. The quantitative estimate of drug-likeness (QED) is 0.646. The smallest absolute Gasteiger partial charge is 0.153 e. The monoisotopic (exact) mass is 210 g/mol. The SMILES string of the molecule is c1ccc(Cc2cn3ncccc3n2)nc1. The average molecular weight is 210 g/mol. The minimum Gasteiger partial charge on any atom is -0.261 e. The Bertz CT molecular complexity index is 567. The minimum atomic E-state index is 0.740. The van der Waals surface area contributed by atoms with Crippen LogP contribution in [0.1, 0.15) is 11.4 Å². The molecule has 0 saturated carbocycles. The lowest BCUT2D eigenvalue weighted by molar-refractivity contribution is 0.931. The summed E-state index contributed by atoms with van der Waals surface area (Å²) in [6.07, 6.45) is 6.22. The van der Waals surface area contributed by atoms with Gasteiger partial charge >= 0.3 is 0 Å². The lowest BCUT2D eigenvalue weighted by atomic mass is 10.2. The van der Waals surface area contributed by atoms with Gasteiger partial charge in [-0.3, -0.25) is 4.98 Å². The highest BCUT2D eigenvalue weighted by Gasteiger charge is 2.02. The number of pyridine rings is 1. The van der Waals surface area contributed by atoms with Gasteiger partial charge in [0.15, 0.2) is 5.65 Å². The maximum Gasteiger partial charge on any atom is 0.153 e. The van der Waals surface area contributed by atoms with Crippen molar-refractivity contribution in [3.8, 4) is 0 Å². The molecule has 0 aliphatic carbocycles. The molecule has 16 heavy (non-hydrogen) atoms. The molecule has 3 aromatic rings. The van der Waals surface area contributed by atoms with Crippen molar-refractivity contribution in [2.24, 2.45) is 0 Å². The van der Waals surface area contributed by atoms with Gasteiger partial charge in [0.2, 0.25) is 0 Å². The van der Waals surface area contributed by atoms with E-state index >= 15 is 0 Å². The minimum absolute atomic E-state index is 0.740. The van der Waals surface area contributed by atoms with Crippen molar-refractivity contribution in [3.63, 3.8) is 0 Å². The van der Waals surface area contributed by atoms with Crippen LogP contribution in [0.3, 0.4) is 0 Å². The van der Waals surface area contributed by atoms with E-state index in [4.69, 9.17) is 0 Å². The third-order valence-corrected chi connectivity index (χ3v) is 2.38. The van der Waals surface area contributed by atoms with Crippen LogP contribution in [0.25, 0.3) is 5.65 Å². The molecule has 0 unspecified atom stereocenters. The topological polar surface area (TPSA) is 43.1 Å². The molecule has 0 fully saturated rings. The van der Waals surface area contributed by atoms with Gasteiger partial charge in [-0.15, -0.1) is 0 Å². The Morgan fingerprint density at radius 3 is 2.81 bits per heavy atom. The largest absolute Gasteiger partial charge is 0.261 e. The van der Waals surface area contributed by atoms with Crippen LogP contribution < -0.4 is 0 Å². The molecular weight excluding hydrogens is 200 g/mol. The molecular formula is C12H10N4. The van der Waals surface area contributed by atoms with Gasteiger partial charge in [0.25, 0.3) is 0 Å². The molecule has 3 aromatic heterocycles. The molecule has 78 valence electrons. The first kappa shape index (κ1) is 9.03. The third-order valence-electron chi connectivity index (χ3n) is 2.38.